The Hall–Kier alpha value is -3.48. The van der Waals surface area contributed by atoms with Crippen LogP contribution in [0.2, 0.25) is 0 Å². The predicted molar refractivity (Wildman–Crippen MR) is 104 cm³/mol. The maximum Gasteiger partial charge on any atom is 0.272 e. The van der Waals surface area contributed by atoms with Crippen LogP contribution in [0.15, 0.2) is 54.7 Å². The monoisotopic (exact) mass is 373 g/mol. The van der Waals surface area contributed by atoms with Crippen molar-refractivity contribution in [3.05, 3.63) is 66.1 Å². The van der Waals surface area contributed by atoms with E-state index < -0.39 is 0 Å². The standard InChI is InChI=1S/C21H19N5O2/c1-27-16-7-3-14(4-8-16)18-13-22-26-19(24-25-20(26)23-18)21(11-12-21)15-5-9-17(28-2)10-6-15/h3-10,13H,11-12H2,1-2H3. The van der Waals surface area contributed by atoms with Crippen LogP contribution >= 0.6 is 0 Å². The van der Waals surface area contributed by atoms with E-state index in [-0.39, 0.29) is 5.41 Å². The van der Waals surface area contributed by atoms with Gasteiger partial charge in [-0.25, -0.2) is 4.98 Å². The average Bonchev–Trinajstić information content (AvgIpc) is 3.46. The first kappa shape index (κ1) is 16.7. The molecular weight excluding hydrogens is 354 g/mol. The topological polar surface area (TPSA) is 74.4 Å². The number of rotatable bonds is 5. The summed E-state index contributed by atoms with van der Waals surface area (Å²) in [5.41, 5.74) is 2.76. The van der Waals surface area contributed by atoms with Crippen LogP contribution in [-0.4, -0.2) is 39.0 Å². The van der Waals surface area contributed by atoms with Crippen molar-refractivity contribution >= 4 is 5.78 Å². The van der Waals surface area contributed by atoms with Gasteiger partial charge >= 0.3 is 0 Å². The Balaban J connectivity index is 1.52. The summed E-state index contributed by atoms with van der Waals surface area (Å²) in [7, 11) is 3.32. The van der Waals surface area contributed by atoms with Crippen molar-refractivity contribution in [1.82, 2.24) is 24.8 Å². The first-order chi connectivity index (χ1) is 13.7. The molecule has 0 saturated heterocycles. The molecule has 2 heterocycles. The number of hydrogen-bond acceptors (Lipinski definition) is 6. The number of methoxy groups -OCH3 is 2. The second-order valence-electron chi connectivity index (χ2n) is 6.92. The average molecular weight is 373 g/mol. The summed E-state index contributed by atoms with van der Waals surface area (Å²) in [6, 6.07) is 15.8. The Morgan fingerprint density at radius 3 is 2.11 bits per heavy atom. The molecule has 0 aliphatic heterocycles. The van der Waals surface area contributed by atoms with Gasteiger partial charge < -0.3 is 9.47 Å². The summed E-state index contributed by atoms with van der Waals surface area (Å²) in [6.45, 7) is 0. The lowest BCUT2D eigenvalue weighted by Gasteiger charge is -2.13. The molecule has 1 aliphatic carbocycles. The number of fused-ring (bicyclic) bond motifs is 1. The van der Waals surface area contributed by atoms with Crippen molar-refractivity contribution in [2.45, 2.75) is 18.3 Å². The summed E-state index contributed by atoms with van der Waals surface area (Å²) >= 11 is 0. The zero-order valence-corrected chi connectivity index (χ0v) is 15.7. The molecular formula is C21H19N5O2. The highest BCUT2D eigenvalue weighted by Crippen LogP contribution is 2.52. The third kappa shape index (κ3) is 2.58. The van der Waals surface area contributed by atoms with Crippen molar-refractivity contribution in [3.8, 4) is 22.8 Å². The van der Waals surface area contributed by atoms with Crippen LogP contribution in [-0.2, 0) is 5.41 Å². The fraction of sp³-hybridized carbons (Fsp3) is 0.238. The molecule has 0 spiro atoms. The smallest absolute Gasteiger partial charge is 0.272 e. The molecule has 2 aromatic carbocycles. The van der Waals surface area contributed by atoms with Gasteiger partial charge in [0.15, 0.2) is 5.82 Å². The quantitative estimate of drug-likeness (QED) is 0.534. The van der Waals surface area contributed by atoms with E-state index in [1.165, 1.54) is 5.56 Å². The fourth-order valence-corrected chi connectivity index (χ4v) is 3.57. The zero-order chi connectivity index (χ0) is 19.1. The van der Waals surface area contributed by atoms with Crippen molar-refractivity contribution in [2.75, 3.05) is 14.2 Å². The van der Waals surface area contributed by atoms with Crippen LogP contribution in [0.1, 0.15) is 24.2 Å². The van der Waals surface area contributed by atoms with Crippen LogP contribution < -0.4 is 9.47 Å². The van der Waals surface area contributed by atoms with Crippen LogP contribution in [0.5, 0.6) is 11.5 Å². The SMILES string of the molecule is COc1ccc(-c2cnn3c(C4(c5ccc(OC)cc5)CC4)nnc3n2)cc1. The first-order valence-corrected chi connectivity index (χ1v) is 9.11. The largest absolute Gasteiger partial charge is 0.497 e. The lowest BCUT2D eigenvalue weighted by molar-refractivity contribution is 0.414. The second-order valence-corrected chi connectivity index (χ2v) is 6.92. The van der Waals surface area contributed by atoms with Crippen molar-refractivity contribution in [1.29, 1.82) is 0 Å². The highest BCUT2D eigenvalue weighted by atomic mass is 16.5. The molecule has 2 aromatic heterocycles. The summed E-state index contributed by atoms with van der Waals surface area (Å²) in [5, 5.41) is 13.3. The molecule has 0 bridgehead atoms. The Labute approximate surface area is 162 Å². The highest BCUT2D eigenvalue weighted by Gasteiger charge is 2.50. The maximum atomic E-state index is 5.27. The minimum atomic E-state index is -0.151. The minimum absolute atomic E-state index is 0.151. The molecule has 0 N–H and O–H groups in total. The molecule has 1 fully saturated rings. The summed E-state index contributed by atoms with van der Waals surface area (Å²) in [5.74, 6) is 2.98. The third-order valence-electron chi connectivity index (χ3n) is 5.35. The maximum absolute atomic E-state index is 5.27. The van der Waals surface area contributed by atoms with Gasteiger partial charge in [0.05, 0.1) is 31.5 Å². The van der Waals surface area contributed by atoms with Crippen molar-refractivity contribution in [2.24, 2.45) is 0 Å². The second kappa shape index (κ2) is 6.30. The number of ether oxygens (including phenoxy) is 2. The molecule has 28 heavy (non-hydrogen) atoms. The molecule has 0 unspecified atom stereocenters. The van der Waals surface area contributed by atoms with Gasteiger partial charge in [-0.3, -0.25) is 0 Å². The lowest BCUT2D eigenvalue weighted by atomic mass is 9.95. The molecule has 1 saturated carbocycles. The van der Waals surface area contributed by atoms with E-state index in [1.54, 1.807) is 24.9 Å². The summed E-state index contributed by atoms with van der Waals surface area (Å²) < 4.78 is 12.2. The molecule has 4 aromatic rings. The number of benzene rings is 2. The first-order valence-electron chi connectivity index (χ1n) is 9.11. The molecule has 1 aliphatic rings. The number of nitrogens with zero attached hydrogens (tertiary/aromatic N) is 5. The van der Waals surface area contributed by atoms with Gasteiger partial charge in [0.25, 0.3) is 5.78 Å². The van der Waals surface area contributed by atoms with Crippen LogP contribution in [0, 0.1) is 0 Å². The van der Waals surface area contributed by atoms with Crippen molar-refractivity contribution in [3.63, 3.8) is 0 Å². The van der Waals surface area contributed by atoms with Gasteiger partial charge in [-0.15, -0.1) is 10.2 Å². The number of aromatic nitrogens is 5. The van der Waals surface area contributed by atoms with E-state index in [0.717, 1.165) is 41.4 Å². The van der Waals surface area contributed by atoms with E-state index in [1.807, 2.05) is 36.4 Å². The van der Waals surface area contributed by atoms with E-state index in [9.17, 15) is 0 Å². The lowest BCUT2D eigenvalue weighted by Crippen LogP contribution is -2.15. The Morgan fingerprint density at radius 1 is 0.857 bits per heavy atom. The van der Waals surface area contributed by atoms with Gasteiger partial charge in [0, 0.05) is 5.56 Å². The molecule has 0 amide bonds. The molecule has 7 nitrogen and oxygen atoms in total. The Morgan fingerprint density at radius 2 is 1.50 bits per heavy atom. The fourth-order valence-electron chi connectivity index (χ4n) is 3.57. The van der Waals surface area contributed by atoms with Gasteiger partial charge in [-0.05, 0) is 54.8 Å². The summed E-state index contributed by atoms with van der Waals surface area (Å²) in [6.07, 6.45) is 3.79. The Bertz CT molecular complexity index is 1130. The van der Waals surface area contributed by atoms with E-state index in [2.05, 4.69) is 32.4 Å². The highest BCUT2D eigenvalue weighted by molar-refractivity contribution is 5.60. The molecule has 7 heteroatoms. The zero-order valence-electron chi connectivity index (χ0n) is 15.7. The predicted octanol–water partition coefficient (Wildman–Crippen LogP) is 3.28. The van der Waals surface area contributed by atoms with E-state index in [0.29, 0.717) is 5.78 Å². The van der Waals surface area contributed by atoms with E-state index in [4.69, 9.17) is 9.47 Å². The molecule has 0 radical (unpaired) electrons. The minimum Gasteiger partial charge on any atom is -0.497 e. The number of hydrogen-bond donors (Lipinski definition) is 0. The van der Waals surface area contributed by atoms with Gasteiger partial charge in [-0.2, -0.15) is 9.61 Å². The van der Waals surface area contributed by atoms with Gasteiger partial charge in [0.2, 0.25) is 0 Å². The molecule has 140 valence electrons. The Kier molecular flexibility index (Phi) is 3.75. The molecule has 5 rings (SSSR count). The van der Waals surface area contributed by atoms with Gasteiger partial charge in [0.1, 0.15) is 11.5 Å². The summed E-state index contributed by atoms with van der Waals surface area (Å²) in [4.78, 5) is 4.65. The third-order valence-corrected chi connectivity index (χ3v) is 5.35. The van der Waals surface area contributed by atoms with Crippen molar-refractivity contribution < 1.29 is 9.47 Å². The van der Waals surface area contributed by atoms with Crippen LogP contribution in [0.4, 0.5) is 0 Å². The molecule has 0 atom stereocenters. The normalized spacial score (nSPS) is 14.8. The van der Waals surface area contributed by atoms with E-state index >= 15 is 0 Å². The van der Waals surface area contributed by atoms with Gasteiger partial charge in [-0.1, -0.05) is 12.1 Å². The van der Waals surface area contributed by atoms with Crippen LogP contribution in [0.3, 0.4) is 0 Å². The van der Waals surface area contributed by atoms with Crippen LogP contribution in [0.25, 0.3) is 17.0 Å².